The minimum atomic E-state index is -0.676. The molecule has 0 aliphatic carbocycles. The number of aliphatic hydroxyl groups is 1. The molecule has 110 valence electrons. The number of carbonyl (C=O) groups is 1. The predicted octanol–water partition coefficient (Wildman–Crippen LogP) is 2.21. The van der Waals surface area contributed by atoms with Gasteiger partial charge in [0.05, 0.1) is 12.7 Å². The maximum atomic E-state index is 11.7. The van der Waals surface area contributed by atoms with Crippen molar-refractivity contribution in [1.29, 1.82) is 0 Å². The second-order valence-electron chi connectivity index (χ2n) is 6.52. The van der Waals surface area contributed by atoms with Crippen LogP contribution in [0.5, 0.6) is 5.75 Å². The Kier molecular flexibility index (Phi) is 4.33. The van der Waals surface area contributed by atoms with Crippen molar-refractivity contribution in [2.45, 2.75) is 39.7 Å². The fraction of sp³-hybridized carbons (Fsp3) is 0.562. The molecular weight excluding hydrogens is 254 g/mol. The molecule has 1 unspecified atom stereocenters. The zero-order valence-electron chi connectivity index (χ0n) is 12.4. The third-order valence-electron chi connectivity index (χ3n) is 3.28. The van der Waals surface area contributed by atoms with E-state index in [0.29, 0.717) is 13.0 Å². The molecule has 0 spiro atoms. The lowest BCUT2D eigenvalue weighted by Gasteiger charge is -2.18. The lowest BCUT2D eigenvalue weighted by Crippen LogP contribution is -2.31. The lowest BCUT2D eigenvalue weighted by molar-refractivity contribution is -0.123. The summed E-state index contributed by atoms with van der Waals surface area (Å²) in [5, 5.41) is 12.9. The van der Waals surface area contributed by atoms with Crippen molar-refractivity contribution >= 4 is 5.91 Å². The van der Waals surface area contributed by atoms with Gasteiger partial charge in [0.25, 0.3) is 0 Å². The third kappa shape index (κ3) is 3.97. The van der Waals surface area contributed by atoms with E-state index >= 15 is 0 Å². The summed E-state index contributed by atoms with van der Waals surface area (Å²) in [7, 11) is 0. The van der Waals surface area contributed by atoms with E-state index < -0.39 is 6.10 Å². The van der Waals surface area contributed by atoms with Crippen LogP contribution in [0.25, 0.3) is 0 Å². The standard InChI is InChI=1S/C16H23NO3/c1-16(2,3)9-15(19)17-10-13(18)11-4-5-14-12(8-11)6-7-20-14/h4-5,8,13,18H,6-7,9-10H2,1-3H3,(H,17,19). The molecule has 20 heavy (non-hydrogen) atoms. The second-order valence-corrected chi connectivity index (χ2v) is 6.52. The molecule has 4 nitrogen and oxygen atoms in total. The van der Waals surface area contributed by atoms with E-state index in [4.69, 9.17) is 4.74 Å². The van der Waals surface area contributed by atoms with Crippen LogP contribution in [0.2, 0.25) is 0 Å². The summed E-state index contributed by atoms with van der Waals surface area (Å²) in [6, 6.07) is 5.70. The zero-order valence-corrected chi connectivity index (χ0v) is 12.4. The molecule has 1 heterocycles. The van der Waals surface area contributed by atoms with Crippen molar-refractivity contribution in [1.82, 2.24) is 5.32 Å². The Bertz CT molecular complexity index is 491. The van der Waals surface area contributed by atoms with Crippen LogP contribution in [0.15, 0.2) is 18.2 Å². The minimum absolute atomic E-state index is 0.0268. The van der Waals surface area contributed by atoms with Crippen LogP contribution >= 0.6 is 0 Å². The van der Waals surface area contributed by atoms with Gasteiger partial charge in [-0.3, -0.25) is 4.79 Å². The van der Waals surface area contributed by atoms with Crippen molar-refractivity contribution in [3.05, 3.63) is 29.3 Å². The maximum Gasteiger partial charge on any atom is 0.220 e. The van der Waals surface area contributed by atoms with Gasteiger partial charge in [0, 0.05) is 19.4 Å². The van der Waals surface area contributed by atoms with E-state index in [-0.39, 0.29) is 17.9 Å². The van der Waals surface area contributed by atoms with Crippen LogP contribution in [0.1, 0.15) is 44.4 Å². The van der Waals surface area contributed by atoms with E-state index in [1.54, 1.807) is 0 Å². The van der Waals surface area contributed by atoms with Gasteiger partial charge in [0.2, 0.25) is 5.91 Å². The first-order chi connectivity index (χ1) is 9.35. The molecular formula is C16H23NO3. The summed E-state index contributed by atoms with van der Waals surface area (Å²) in [5.74, 6) is 0.874. The molecule has 4 heteroatoms. The molecule has 1 atom stereocenters. The maximum absolute atomic E-state index is 11.7. The van der Waals surface area contributed by atoms with Gasteiger partial charge in [0.15, 0.2) is 0 Å². The van der Waals surface area contributed by atoms with Crippen molar-refractivity contribution in [2.24, 2.45) is 5.41 Å². The molecule has 1 aromatic rings. The second kappa shape index (κ2) is 5.83. The van der Waals surface area contributed by atoms with E-state index in [2.05, 4.69) is 5.32 Å². The van der Waals surface area contributed by atoms with E-state index in [1.807, 2.05) is 39.0 Å². The van der Waals surface area contributed by atoms with Crippen molar-refractivity contribution in [3.63, 3.8) is 0 Å². The lowest BCUT2D eigenvalue weighted by atomic mass is 9.92. The smallest absolute Gasteiger partial charge is 0.220 e. The SMILES string of the molecule is CC(C)(C)CC(=O)NCC(O)c1ccc2c(c1)CCO2. The van der Waals surface area contributed by atoms with Gasteiger partial charge in [-0.05, 0) is 28.7 Å². The Balaban J connectivity index is 1.89. The van der Waals surface area contributed by atoms with Crippen LogP contribution in [-0.4, -0.2) is 24.2 Å². The Hall–Kier alpha value is -1.55. The number of hydrogen-bond donors (Lipinski definition) is 2. The topological polar surface area (TPSA) is 58.6 Å². The summed E-state index contributed by atoms with van der Waals surface area (Å²) >= 11 is 0. The quantitative estimate of drug-likeness (QED) is 0.887. The van der Waals surface area contributed by atoms with Gasteiger partial charge < -0.3 is 15.2 Å². The highest BCUT2D eigenvalue weighted by Gasteiger charge is 2.18. The number of ether oxygens (including phenoxy) is 1. The molecule has 0 bridgehead atoms. The molecule has 2 N–H and O–H groups in total. The Morgan fingerprint density at radius 3 is 2.90 bits per heavy atom. The normalized spacial score (nSPS) is 15.4. The number of hydrogen-bond acceptors (Lipinski definition) is 3. The third-order valence-corrected chi connectivity index (χ3v) is 3.28. The number of nitrogens with one attached hydrogen (secondary N) is 1. The highest BCUT2D eigenvalue weighted by molar-refractivity contribution is 5.76. The summed E-state index contributed by atoms with van der Waals surface area (Å²) in [6.45, 7) is 7.00. The molecule has 0 saturated carbocycles. The van der Waals surface area contributed by atoms with Crippen LogP contribution < -0.4 is 10.1 Å². The van der Waals surface area contributed by atoms with Crippen molar-refractivity contribution in [3.8, 4) is 5.75 Å². The molecule has 0 aromatic heterocycles. The molecule has 0 radical (unpaired) electrons. The van der Waals surface area contributed by atoms with Gasteiger partial charge >= 0.3 is 0 Å². The monoisotopic (exact) mass is 277 g/mol. The highest BCUT2D eigenvalue weighted by atomic mass is 16.5. The Morgan fingerprint density at radius 1 is 1.45 bits per heavy atom. The van der Waals surface area contributed by atoms with Crippen LogP contribution in [0.3, 0.4) is 0 Å². The number of benzene rings is 1. The molecule has 1 amide bonds. The van der Waals surface area contributed by atoms with Gasteiger partial charge in [-0.1, -0.05) is 26.8 Å². The summed E-state index contributed by atoms with van der Waals surface area (Å²) in [4.78, 5) is 11.7. The number of carbonyl (C=O) groups excluding carboxylic acids is 1. The Labute approximate surface area is 120 Å². The molecule has 1 aliphatic rings. The first-order valence-corrected chi connectivity index (χ1v) is 7.05. The van der Waals surface area contributed by atoms with Crippen molar-refractivity contribution < 1.29 is 14.6 Å². The Morgan fingerprint density at radius 2 is 2.20 bits per heavy atom. The van der Waals surface area contributed by atoms with Crippen molar-refractivity contribution in [2.75, 3.05) is 13.2 Å². The van der Waals surface area contributed by atoms with Crippen LogP contribution in [-0.2, 0) is 11.2 Å². The average molecular weight is 277 g/mol. The number of rotatable bonds is 4. The van der Waals surface area contributed by atoms with Gasteiger partial charge in [-0.2, -0.15) is 0 Å². The largest absolute Gasteiger partial charge is 0.493 e. The fourth-order valence-electron chi connectivity index (χ4n) is 2.29. The van der Waals surface area contributed by atoms with Gasteiger partial charge in [-0.25, -0.2) is 0 Å². The predicted molar refractivity (Wildman–Crippen MR) is 77.7 cm³/mol. The first-order valence-electron chi connectivity index (χ1n) is 7.05. The van der Waals surface area contributed by atoms with E-state index in [1.165, 1.54) is 0 Å². The summed E-state index contributed by atoms with van der Waals surface area (Å²) in [6.07, 6.45) is 0.661. The molecule has 0 saturated heterocycles. The highest BCUT2D eigenvalue weighted by Crippen LogP contribution is 2.28. The van der Waals surface area contributed by atoms with E-state index in [0.717, 1.165) is 23.3 Å². The van der Waals surface area contributed by atoms with E-state index in [9.17, 15) is 9.90 Å². The average Bonchev–Trinajstić information content (AvgIpc) is 2.80. The first kappa shape index (κ1) is 14.9. The fourth-order valence-corrected chi connectivity index (χ4v) is 2.29. The zero-order chi connectivity index (χ0) is 14.8. The number of amides is 1. The minimum Gasteiger partial charge on any atom is -0.493 e. The molecule has 0 fully saturated rings. The van der Waals surface area contributed by atoms with Crippen LogP contribution in [0.4, 0.5) is 0 Å². The molecule has 1 aliphatic heterocycles. The van der Waals surface area contributed by atoms with Crippen LogP contribution in [0, 0.1) is 5.41 Å². The number of aliphatic hydroxyl groups excluding tert-OH is 1. The number of fused-ring (bicyclic) bond motifs is 1. The summed E-state index contributed by atoms with van der Waals surface area (Å²) in [5.41, 5.74) is 1.91. The molecule has 2 rings (SSSR count). The van der Waals surface area contributed by atoms with Gasteiger partial charge in [-0.15, -0.1) is 0 Å². The van der Waals surface area contributed by atoms with Gasteiger partial charge in [0.1, 0.15) is 5.75 Å². The molecule has 1 aromatic carbocycles. The summed E-state index contributed by atoms with van der Waals surface area (Å²) < 4.78 is 5.43.